The normalized spacial score (nSPS) is 16.0. The number of benzene rings is 1. The molecule has 0 radical (unpaired) electrons. The van der Waals surface area contributed by atoms with Crippen LogP contribution in [0, 0.1) is 34.6 Å². The van der Waals surface area contributed by atoms with Gasteiger partial charge in [-0.2, -0.15) is 4.31 Å². The molecule has 0 atom stereocenters. The number of nitrogens with zero attached hydrogens (tertiary/aromatic N) is 3. The molecule has 1 fully saturated rings. The van der Waals surface area contributed by atoms with Crippen molar-refractivity contribution in [2.45, 2.75) is 39.5 Å². The topological polar surface area (TPSA) is 86.4 Å². The van der Waals surface area contributed by atoms with Crippen LogP contribution in [-0.4, -0.2) is 48.9 Å². The molecular formula is C19H26N4O3S. The molecule has 1 aromatic carbocycles. The lowest BCUT2D eigenvalue weighted by atomic mass is 10.0. The van der Waals surface area contributed by atoms with Gasteiger partial charge in [-0.05, 0) is 56.9 Å². The van der Waals surface area contributed by atoms with Gasteiger partial charge < -0.3 is 4.90 Å². The summed E-state index contributed by atoms with van der Waals surface area (Å²) >= 11 is 0. The van der Waals surface area contributed by atoms with E-state index in [1.54, 1.807) is 13.1 Å². The molecule has 0 bridgehead atoms. The molecule has 1 aliphatic rings. The van der Waals surface area contributed by atoms with Gasteiger partial charge in [0.05, 0.1) is 4.90 Å². The van der Waals surface area contributed by atoms with Crippen molar-refractivity contribution in [2.24, 2.45) is 0 Å². The minimum absolute atomic E-state index is 0.170. The van der Waals surface area contributed by atoms with Crippen LogP contribution in [0.2, 0.25) is 0 Å². The summed E-state index contributed by atoms with van der Waals surface area (Å²) in [5, 5.41) is 0. The fourth-order valence-corrected chi connectivity index (χ4v) is 5.44. The van der Waals surface area contributed by atoms with Crippen LogP contribution in [0.1, 0.15) is 27.8 Å². The molecular weight excluding hydrogens is 364 g/mol. The number of aromatic amines is 1. The lowest BCUT2D eigenvalue weighted by Crippen LogP contribution is -2.49. The minimum Gasteiger partial charge on any atom is -0.340 e. The maximum absolute atomic E-state index is 13.3. The molecule has 2 heterocycles. The van der Waals surface area contributed by atoms with Gasteiger partial charge in [-0.15, -0.1) is 0 Å². The van der Waals surface area contributed by atoms with Gasteiger partial charge in [-0.25, -0.2) is 13.4 Å². The molecule has 27 heavy (non-hydrogen) atoms. The summed E-state index contributed by atoms with van der Waals surface area (Å²) < 4.78 is 28.2. The number of rotatable bonds is 3. The van der Waals surface area contributed by atoms with Crippen LogP contribution in [0.3, 0.4) is 0 Å². The highest BCUT2D eigenvalue weighted by molar-refractivity contribution is 7.89. The van der Waals surface area contributed by atoms with Crippen molar-refractivity contribution in [1.29, 1.82) is 0 Å². The first-order chi connectivity index (χ1) is 12.6. The van der Waals surface area contributed by atoms with E-state index in [0.29, 0.717) is 42.6 Å². The van der Waals surface area contributed by atoms with E-state index in [9.17, 15) is 13.2 Å². The Morgan fingerprint density at radius 3 is 2.00 bits per heavy atom. The molecule has 1 aliphatic heterocycles. The molecule has 8 heteroatoms. The summed E-state index contributed by atoms with van der Waals surface area (Å²) in [6.07, 6.45) is 1.54. The van der Waals surface area contributed by atoms with Gasteiger partial charge in [0.25, 0.3) is 5.56 Å². The van der Waals surface area contributed by atoms with Gasteiger partial charge in [0.1, 0.15) is 0 Å². The smallest absolute Gasteiger partial charge is 0.255 e. The van der Waals surface area contributed by atoms with E-state index in [0.717, 1.165) is 22.3 Å². The van der Waals surface area contributed by atoms with Crippen LogP contribution in [-0.2, 0) is 10.0 Å². The van der Waals surface area contributed by atoms with Crippen LogP contribution in [0.25, 0.3) is 0 Å². The highest BCUT2D eigenvalue weighted by Gasteiger charge is 2.32. The summed E-state index contributed by atoms with van der Waals surface area (Å²) in [6.45, 7) is 11.0. The van der Waals surface area contributed by atoms with Crippen molar-refractivity contribution >= 4 is 16.0 Å². The van der Waals surface area contributed by atoms with E-state index in [1.165, 1.54) is 4.31 Å². The number of sulfonamides is 1. The zero-order valence-electron chi connectivity index (χ0n) is 16.5. The van der Waals surface area contributed by atoms with Gasteiger partial charge in [-0.3, -0.25) is 9.78 Å². The molecule has 7 nitrogen and oxygen atoms in total. The Bertz CT molecular complexity index is 1010. The van der Waals surface area contributed by atoms with Gasteiger partial charge >= 0.3 is 0 Å². The summed E-state index contributed by atoms with van der Waals surface area (Å²) in [5.41, 5.74) is 3.97. The third kappa shape index (κ3) is 3.51. The highest BCUT2D eigenvalue weighted by Crippen LogP contribution is 2.29. The van der Waals surface area contributed by atoms with Crippen molar-refractivity contribution < 1.29 is 8.42 Å². The number of aromatic nitrogens is 2. The Morgan fingerprint density at radius 2 is 1.48 bits per heavy atom. The molecule has 0 unspecified atom stereocenters. The summed E-state index contributed by atoms with van der Waals surface area (Å²) in [7, 11) is -3.57. The summed E-state index contributed by atoms with van der Waals surface area (Å²) in [6, 6.07) is 2.03. The van der Waals surface area contributed by atoms with Crippen LogP contribution in [0.5, 0.6) is 0 Å². The van der Waals surface area contributed by atoms with Crippen LogP contribution in [0.15, 0.2) is 22.0 Å². The summed E-state index contributed by atoms with van der Waals surface area (Å²) in [4.78, 5) is 21.2. The third-order valence-corrected chi connectivity index (χ3v) is 7.57. The maximum atomic E-state index is 13.3. The second-order valence-corrected chi connectivity index (χ2v) is 9.07. The first-order valence-electron chi connectivity index (χ1n) is 9.01. The van der Waals surface area contributed by atoms with E-state index in [-0.39, 0.29) is 5.56 Å². The van der Waals surface area contributed by atoms with Crippen molar-refractivity contribution in [2.75, 3.05) is 31.1 Å². The zero-order valence-corrected chi connectivity index (χ0v) is 17.3. The van der Waals surface area contributed by atoms with Crippen molar-refractivity contribution in [3.05, 3.63) is 50.4 Å². The number of aryl methyl sites for hydroxylation is 3. The quantitative estimate of drug-likeness (QED) is 0.864. The molecule has 146 valence electrons. The Labute approximate surface area is 160 Å². The molecule has 0 saturated carbocycles. The fourth-order valence-electron chi connectivity index (χ4n) is 3.45. The fraction of sp³-hybridized carbons (Fsp3) is 0.474. The highest BCUT2D eigenvalue weighted by atomic mass is 32.2. The molecule has 2 aromatic rings. The standard InChI is InChI=1S/C19H26N4O3S/c1-12-10-13(2)16(5)17(15(12)4)27(25,26)23-8-6-22(7-9-23)19-20-11-14(3)18(24)21-19/h10-11H,6-9H2,1-5H3,(H,20,21,24). The van der Waals surface area contributed by atoms with Gasteiger partial charge in [0, 0.05) is 37.9 Å². The van der Waals surface area contributed by atoms with E-state index in [2.05, 4.69) is 9.97 Å². The monoisotopic (exact) mass is 390 g/mol. The number of piperazine rings is 1. The number of anilines is 1. The van der Waals surface area contributed by atoms with Crippen molar-refractivity contribution in [3.8, 4) is 0 Å². The third-order valence-electron chi connectivity index (χ3n) is 5.40. The van der Waals surface area contributed by atoms with E-state index < -0.39 is 10.0 Å². The van der Waals surface area contributed by atoms with Crippen molar-refractivity contribution in [3.63, 3.8) is 0 Å². The molecule has 1 saturated heterocycles. The number of nitrogens with one attached hydrogen (secondary N) is 1. The first-order valence-corrected chi connectivity index (χ1v) is 10.5. The average Bonchev–Trinajstić information content (AvgIpc) is 2.62. The van der Waals surface area contributed by atoms with Crippen LogP contribution < -0.4 is 10.5 Å². The van der Waals surface area contributed by atoms with Gasteiger partial charge in [-0.1, -0.05) is 6.07 Å². The second-order valence-electron chi connectivity index (χ2n) is 7.20. The molecule has 1 aromatic heterocycles. The predicted octanol–water partition coefficient (Wildman–Crippen LogP) is 1.82. The first kappa shape index (κ1) is 19.6. The second kappa shape index (κ2) is 7.09. The minimum atomic E-state index is -3.57. The van der Waals surface area contributed by atoms with Gasteiger partial charge in [0.15, 0.2) is 0 Å². The van der Waals surface area contributed by atoms with Crippen LogP contribution >= 0.6 is 0 Å². The molecule has 0 amide bonds. The lowest BCUT2D eigenvalue weighted by molar-refractivity contribution is 0.382. The molecule has 0 aliphatic carbocycles. The van der Waals surface area contributed by atoms with E-state index in [4.69, 9.17) is 0 Å². The Kier molecular flexibility index (Phi) is 5.14. The largest absolute Gasteiger partial charge is 0.340 e. The van der Waals surface area contributed by atoms with Crippen molar-refractivity contribution in [1.82, 2.24) is 14.3 Å². The average molecular weight is 391 g/mol. The SMILES string of the molecule is Cc1cc(C)c(C)c(S(=O)(=O)N2CCN(c3ncc(C)c(=O)[nH]3)CC2)c1C. The Hall–Kier alpha value is -2.19. The summed E-state index contributed by atoms with van der Waals surface area (Å²) in [5.74, 6) is 0.487. The molecule has 0 spiro atoms. The van der Waals surface area contributed by atoms with Gasteiger partial charge in [0.2, 0.25) is 16.0 Å². The predicted molar refractivity (Wildman–Crippen MR) is 106 cm³/mol. The zero-order chi connectivity index (χ0) is 19.9. The molecule has 1 N–H and O–H groups in total. The Morgan fingerprint density at radius 1 is 0.926 bits per heavy atom. The number of H-pyrrole nitrogens is 1. The number of hydrogen-bond acceptors (Lipinski definition) is 5. The lowest BCUT2D eigenvalue weighted by Gasteiger charge is -2.35. The molecule has 3 rings (SSSR count). The maximum Gasteiger partial charge on any atom is 0.255 e. The van der Waals surface area contributed by atoms with E-state index >= 15 is 0 Å². The van der Waals surface area contributed by atoms with E-state index in [1.807, 2.05) is 38.7 Å². The van der Waals surface area contributed by atoms with Crippen LogP contribution in [0.4, 0.5) is 5.95 Å². The Balaban J connectivity index is 1.85. The number of hydrogen-bond donors (Lipinski definition) is 1.